The van der Waals surface area contributed by atoms with E-state index in [9.17, 15) is 32.7 Å². The molecule has 0 saturated carbocycles. The monoisotopic (exact) mass is 648 g/mol. The zero-order valence-electron chi connectivity index (χ0n) is 22.4. The number of benzene rings is 3. The Labute approximate surface area is 256 Å². The number of amides is 3. The van der Waals surface area contributed by atoms with E-state index < -0.39 is 52.7 Å². The van der Waals surface area contributed by atoms with Crippen LogP contribution in [0.3, 0.4) is 0 Å². The fourth-order valence-corrected chi connectivity index (χ4v) is 4.98. The molecule has 226 valence electrons. The first-order valence-electron chi connectivity index (χ1n) is 12.2. The van der Waals surface area contributed by atoms with E-state index in [-0.39, 0.29) is 32.0 Å². The van der Waals surface area contributed by atoms with E-state index in [0.29, 0.717) is 16.8 Å². The van der Waals surface area contributed by atoms with Gasteiger partial charge in [0.1, 0.15) is 6.04 Å². The van der Waals surface area contributed by atoms with Crippen LogP contribution in [-0.4, -0.2) is 68.6 Å². The molecule has 0 fully saturated rings. The van der Waals surface area contributed by atoms with E-state index in [1.54, 1.807) is 24.3 Å². The summed E-state index contributed by atoms with van der Waals surface area (Å²) in [5.74, 6) is -3.90. The van der Waals surface area contributed by atoms with Gasteiger partial charge in [-0.25, -0.2) is 18.2 Å². The SMILES string of the molecule is CS(=O)(=O)c1ccc(-c2cc(Cl)c(C(=O)N[C@@H](CNC(=O)CNC(=O)c3cccc(N=C(N)N)c3)C(=O)O)c(Cl)c2)cc1. The van der Waals surface area contributed by atoms with Crippen molar-refractivity contribution >= 4 is 68.4 Å². The third-order valence-corrected chi connectivity index (χ3v) is 7.49. The molecule has 0 radical (unpaired) electrons. The number of nitrogens with one attached hydrogen (secondary N) is 3. The van der Waals surface area contributed by atoms with Gasteiger partial charge in [0.2, 0.25) is 5.91 Å². The lowest BCUT2D eigenvalue weighted by Gasteiger charge is -2.17. The number of carbonyl (C=O) groups is 4. The lowest BCUT2D eigenvalue weighted by Crippen LogP contribution is -2.50. The predicted octanol–water partition coefficient (Wildman–Crippen LogP) is 1.70. The van der Waals surface area contributed by atoms with Gasteiger partial charge in [-0.15, -0.1) is 0 Å². The van der Waals surface area contributed by atoms with Crippen LogP contribution in [0.2, 0.25) is 10.0 Å². The van der Waals surface area contributed by atoms with Gasteiger partial charge in [-0.3, -0.25) is 14.4 Å². The zero-order chi connectivity index (χ0) is 31.9. The van der Waals surface area contributed by atoms with E-state index in [1.165, 1.54) is 36.4 Å². The highest BCUT2D eigenvalue weighted by molar-refractivity contribution is 7.90. The molecule has 0 spiro atoms. The summed E-state index contributed by atoms with van der Waals surface area (Å²) in [4.78, 5) is 53.3. The highest BCUT2D eigenvalue weighted by Gasteiger charge is 2.25. The Bertz CT molecular complexity index is 1690. The zero-order valence-corrected chi connectivity index (χ0v) is 24.8. The average molecular weight is 650 g/mol. The summed E-state index contributed by atoms with van der Waals surface area (Å²) in [7, 11) is -3.40. The maximum Gasteiger partial charge on any atom is 0.328 e. The second-order valence-electron chi connectivity index (χ2n) is 9.05. The van der Waals surface area contributed by atoms with Gasteiger partial charge in [0.25, 0.3) is 11.8 Å². The molecule has 0 aliphatic heterocycles. The van der Waals surface area contributed by atoms with Gasteiger partial charge < -0.3 is 32.5 Å². The highest BCUT2D eigenvalue weighted by Crippen LogP contribution is 2.32. The number of rotatable bonds is 11. The number of nitrogens with two attached hydrogens (primary N) is 2. The lowest BCUT2D eigenvalue weighted by molar-refractivity contribution is -0.139. The number of halogens is 2. The van der Waals surface area contributed by atoms with Gasteiger partial charge in [-0.1, -0.05) is 41.4 Å². The molecule has 0 saturated heterocycles. The molecular weight excluding hydrogens is 623 g/mol. The summed E-state index contributed by atoms with van der Waals surface area (Å²) >= 11 is 12.6. The molecule has 0 bridgehead atoms. The minimum Gasteiger partial charge on any atom is -0.480 e. The van der Waals surface area contributed by atoms with E-state index in [1.807, 2.05) is 0 Å². The topological polar surface area (TPSA) is 223 Å². The average Bonchev–Trinajstić information content (AvgIpc) is 2.92. The van der Waals surface area contributed by atoms with E-state index >= 15 is 0 Å². The minimum atomic E-state index is -3.40. The number of sulfone groups is 1. The molecule has 1 atom stereocenters. The molecule has 0 aliphatic rings. The first kappa shape index (κ1) is 32.8. The molecule has 3 aromatic carbocycles. The number of nitrogens with zero attached hydrogens (tertiary/aromatic N) is 1. The maximum atomic E-state index is 12.9. The van der Waals surface area contributed by atoms with E-state index in [2.05, 4.69) is 20.9 Å². The Balaban J connectivity index is 1.62. The normalized spacial score (nSPS) is 11.6. The van der Waals surface area contributed by atoms with Gasteiger partial charge in [0.15, 0.2) is 15.8 Å². The van der Waals surface area contributed by atoms with Crippen molar-refractivity contribution in [2.45, 2.75) is 10.9 Å². The Morgan fingerprint density at radius 2 is 1.53 bits per heavy atom. The van der Waals surface area contributed by atoms with Crippen molar-refractivity contribution in [3.63, 3.8) is 0 Å². The molecule has 3 aromatic rings. The van der Waals surface area contributed by atoms with Crippen molar-refractivity contribution in [2.75, 3.05) is 19.3 Å². The van der Waals surface area contributed by atoms with Crippen molar-refractivity contribution < 1.29 is 32.7 Å². The van der Waals surface area contributed by atoms with Crippen LogP contribution in [-0.2, 0) is 19.4 Å². The summed E-state index contributed by atoms with van der Waals surface area (Å²) in [5, 5.41) is 16.4. The smallest absolute Gasteiger partial charge is 0.328 e. The quantitative estimate of drug-likeness (QED) is 0.131. The second-order valence-corrected chi connectivity index (χ2v) is 11.9. The standard InChI is InChI=1S/C27H26Cl2N6O7S/c1-43(41,42)18-7-5-14(6-8-18)16-10-19(28)23(20(29)11-16)25(38)35-21(26(39)40)12-32-22(36)13-33-24(37)15-3-2-4-17(9-15)34-27(30)31/h2-11,21H,12-13H2,1H3,(H,32,36)(H,33,37)(H,35,38)(H,39,40)(H4,30,31,34)/t21-/m0/s1. The van der Waals surface area contributed by atoms with Gasteiger partial charge in [0, 0.05) is 18.4 Å². The lowest BCUT2D eigenvalue weighted by atomic mass is 10.0. The van der Waals surface area contributed by atoms with Crippen molar-refractivity contribution in [3.05, 3.63) is 81.8 Å². The Kier molecular flexibility index (Phi) is 10.7. The van der Waals surface area contributed by atoms with Crippen molar-refractivity contribution in [1.82, 2.24) is 16.0 Å². The molecule has 8 N–H and O–H groups in total. The number of aliphatic imine (C=N–C) groups is 1. The number of hydrogen-bond donors (Lipinski definition) is 6. The summed E-state index contributed by atoms with van der Waals surface area (Å²) < 4.78 is 23.4. The minimum absolute atomic E-state index is 0.0908. The molecule has 3 rings (SSSR count). The number of carbonyl (C=O) groups excluding carboxylic acids is 3. The van der Waals surface area contributed by atoms with Crippen LogP contribution in [0.1, 0.15) is 20.7 Å². The fraction of sp³-hybridized carbons (Fsp3) is 0.148. The maximum absolute atomic E-state index is 12.9. The Hall–Kier alpha value is -4.66. The summed E-state index contributed by atoms with van der Waals surface area (Å²) in [6.07, 6.45) is 1.08. The van der Waals surface area contributed by atoms with Crippen molar-refractivity contribution in [2.24, 2.45) is 16.5 Å². The molecule has 0 heterocycles. The van der Waals surface area contributed by atoms with Gasteiger partial charge in [-0.05, 0) is 53.6 Å². The highest BCUT2D eigenvalue weighted by atomic mass is 35.5. The van der Waals surface area contributed by atoms with Gasteiger partial charge >= 0.3 is 5.97 Å². The number of carboxylic acid groups (broad SMARTS) is 1. The van der Waals surface area contributed by atoms with Crippen LogP contribution in [0.4, 0.5) is 5.69 Å². The van der Waals surface area contributed by atoms with Crippen LogP contribution in [0, 0.1) is 0 Å². The van der Waals surface area contributed by atoms with Crippen molar-refractivity contribution in [3.8, 4) is 11.1 Å². The molecule has 16 heteroatoms. The van der Waals surface area contributed by atoms with Crippen LogP contribution in [0.25, 0.3) is 11.1 Å². The van der Waals surface area contributed by atoms with E-state index in [4.69, 9.17) is 34.7 Å². The van der Waals surface area contributed by atoms with Gasteiger partial charge in [0.05, 0.1) is 32.7 Å². The third-order valence-electron chi connectivity index (χ3n) is 5.77. The molecule has 13 nitrogen and oxygen atoms in total. The van der Waals surface area contributed by atoms with Crippen LogP contribution in [0.5, 0.6) is 0 Å². The molecule has 0 unspecified atom stereocenters. The number of guanidine groups is 1. The fourth-order valence-electron chi connectivity index (χ4n) is 3.69. The van der Waals surface area contributed by atoms with Gasteiger partial charge in [-0.2, -0.15) is 0 Å². The number of hydrogen-bond acceptors (Lipinski definition) is 7. The summed E-state index contributed by atoms with van der Waals surface area (Å²) in [6.45, 7) is -1.01. The number of carboxylic acids is 1. The summed E-state index contributed by atoms with van der Waals surface area (Å²) in [5.41, 5.74) is 12.0. The van der Waals surface area contributed by atoms with E-state index in [0.717, 1.165) is 6.26 Å². The molecule has 0 aromatic heterocycles. The second kappa shape index (κ2) is 14.0. The molecule has 0 aliphatic carbocycles. The molecular formula is C27H26Cl2N6O7S. The summed E-state index contributed by atoms with van der Waals surface area (Å²) in [6, 6.07) is 13.2. The number of aliphatic carboxylic acids is 1. The third kappa shape index (κ3) is 9.16. The van der Waals surface area contributed by atoms with Crippen LogP contribution < -0.4 is 27.4 Å². The van der Waals surface area contributed by atoms with Crippen LogP contribution >= 0.6 is 23.2 Å². The predicted molar refractivity (Wildman–Crippen MR) is 161 cm³/mol. The van der Waals surface area contributed by atoms with Crippen LogP contribution in [0.15, 0.2) is 70.6 Å². The first-order valence-corrected chi connectivity index (χ1v) is 14.9. The molecule has 43 heavy (non-hydrogen) atoms. The first-order chi connectivity index (χ1) is 20.1. The largest absolute Gasteiger partial charge is 0.480 e. The Morgan fingerprint density at radius 1 is 0.907 bits per heavy atom. The van der Waals surface area contributed by atoms with Crippen molar-refractivity contribution in [1.29, 1.82) is 0 Å². The Morgan fingerprint density at radius 3 is 2.09 bits per heavy atom. The molecule has 3 amide bonds.